The number of benzene rings is 6. The van der Waals surface area contributed by atoms with Gasteiger partial charge in [-0.3, -0.25) is 9.13 Å². The molecule has 5 heteroatoms. The second-order valence-corrected chi connectivity index (χ2v) is 17.3. The molecule has 2 aliphatic rings. The van der Waals surface area contributed by atoms with Crippen LogP contribution in [0.4, 0.5) is 0 Å². The van der Waals surface area contributed by atoms with Gasteiger partial charge in [0.15, 0.2) is 0 Å². The van der Waals surface area contributed by atoms with E-state index in [-0.39, 0.29) is 23.0 Å². The lowest BCUT2D eigenvalue weighted by molar-refractivity contribution is 0.591. The molecule has 0 saturated heterocycles. The average molecular weight is 611 g/mol. The van der Waals surface area contributed by atoms with Gasteiger partial charge < -0.3 is 0 Å². The molecular formula is C42H39BN4. The first-order chi connectivity index (χ1) is 22.2. The molecule has 0 amide bonds. The fourth-order valence-corrected chi connectivity index (χ4v) is 8.67. The SMILES string of the molecule is CC(C)(C)c1cc2ccc3c4c5c(c6ccc(c1)c2c36)-n1cnc2cc(C(C)(C)C)cc(c21)B5c1cc(C(C)(C)C)cc2ncn-4c12. The minimum atomic E-state index is -0.00403. The van der Waals surface area contributed by atoms with Crippen LogP contribution in [0.25, 0.3) is 65.8 Å². The number of fused-ring (bicyclic) bond motifs is 6. The van der Waals surface area contributed by atoms with Crippen LogP contribution in [0.2, 0.25) is 0 Å². The van der Waals surface area contributed by atoms with E-state index in [1.54, 1.807) is 0 Å². The third-order valence-corrected chi connectivity index (χ3v) is 11.2. The molecular weight excluding hydrogens is 571 g/mol. The Morgan fingerprint density at radius 3 is 1.36 bits per heavy atom. The van der Waals surface area contributed by atoms with Gasteiger partial charge in [-0.25, -0.2) is 9.97 Å². The molecule has 0 bridgehead atoms. The van der Waals surface area contributed by atoms with Crippen LogP contribution in [0, 0.1) is 0 Å². The van der Waals surface area contributed by atoms with Crippen molar-refractivity contribution in [1.29, 1.82) is 0 Å². The van der Waals surface area contributed by atoms with E-state index in [0.29, 0.717) is 0 Å². The van der Waals surface area contributed by atoms with Gasteiger partial charge in [0.1, 0.15) is 12.7 Å². The van der Waals surface area contributed by atoms with Gasteiger partial charge >= 0.3 is 0 Å². The lowest BCUT2D eigenvalue weighted by Crippen LogP contribution is -2.59. The van der Waals surface area contributed by atoms with Gasteiger partial charge in [-0.1, -0.05) is 111 Å². The predicted molar refractivity (Wildman–Crippen MR) is 200 cm³/mol. The predicted octanol–water partition coefficient (Wildman–Crippen LogP) is 8.30. The zero-order valence-electron chi connectivity index (χ0n) is 28.8. The lowest BCUT2D eigenvalue weighted by Gasteiger charge is -2.36. The van der Waals surface area contributed by atoms with Crippen molar-refractivity contribution in [3.05, 3.63) is 90.0 Å². The smallest absolute Gasteiger partial charge is 0.252 e. The molecule has 0 unspecified atom stereocenters. The molecule has 0 aliphatic carbocycles. The fraction of sp³-hybridized carbons (Fsp3) is 0.286. The summed E-state index contributed by atoms with van der Waals surface area (Å²) >= 11 is 0. The summed E-state index contributed by atoms with van der Waals surface area (Å²) in [5.74, 6) is 0. The zero-order chi connectivity index (χ0) is 32.5. The second kappa shape index (κ2) is 8.25. The topological polar surface area (TPSA) is 35.6 Å². The molecule has 8 aromatic rings. The third kappa shape index (κ3) is 3.40. The van der Waals surface area contributed by atoms with E-state index < -0.39 is 0 Å². The standard InChI is InChI=1S/C42H39BN4/c1-40(2,3)24-14-22-10-12-27-34-28(13-11-23(15-24)33(22)34)37-35-36(27)46-20-44-31-18-25(41(4,5)6)16-29(38(31)46)43(35)30-17-26(42(7,8)9)19-32-39(30)47(37)21-45-32/h10-21H,1-9H3. The molecule has 0 fully saturated rings. The van der Waals surface area contributed by atoms with Crippen LogP contribution in [-0.2, 0) is 16.2 Å². The van der Waals surface area contributed by atoms with E-state index in [4.69, 9.17) is 9.97 Å². The third-order valence-electron chi connectivity index (χ3n) is 11.2. The van der Waals surface area contributed by atoms with E-state index in [0.717, 1.165) is 11.0 Å². The maximum Gasteiger partial charge on any atom is 0.252 e. The minimum absolute atomic E-state index is 0.00403. The Morgan fingerprint density at radius 1 is 0.511 bits per heavy atom. The molecule has 0 N–H and O–H groups in total. The number of rotatable bonds is 0. The average Bonchev–Trinajstić information content (AvgIpc) is 3.63. The summed E-state index contributed by atoms with van der Waals surface area (Å²) in [5, 5.41) is 7.87. The van der Waals surface area contributed by atoms with E-state index in [1.165, 1.54) is 87.8 Å². The van der Waals surface area contributed by atoms with Crippen molar-refractivity contribution >= 4 is 77.5 Å². The maximum absolute atomic E-state index is 5.12. The number of imidazole rings is 2. The second-order valence-electron chi connectivity index (χ2n) is 17.3. The highest BCUT2D eigenvalue weighted by atomic mass is 15.1. The first-order valence-corrected chi connectivity index (χ1v) is 17.0. The zero-order valence-corrected chi connectivity index (χ0v) is 28.8. The van der Waals surface area contributed by atoms with Crippen molar-refractivity contribution in [3.8, 4) is 11.4 Å². The van der Waals surface area contributed by atoms with Crippen molar-refractivity contribution in [1.82, 2.24) is 19.1 Å². The van der Waals surface area contributed by atoms with Gasteiger partial charge in [-0.2, -0.15) is 0 Å². The number of hydrogen-bond acceptors (Lipinski definition) is 2. The minimum Gasteiger partial charge on any atom is -0.299 e. The van der Waals surface area contributed by atoms with Crippen LogP contribution in [0.3, 0.4) is 0 Å². The highest BCUT2D eigenvalue weighted by molar-refractivity contribution is 7.00. The lowest BCUT2D eigenvalue weighted by atomic mass is 9.33. The first kappa shape index (κ1) is 27.5. The summed E-state index contributed by atoms with van der Waals surface area (Å²) in [6.07, 6.45) is 4.15. The highest BCUT2D eigenvalue weighted by Crippen LogP contribution is 2.44. The molecule has 2 aliphatic heterocycles. The molecule has 0 radical (unpaired) electrons. The Morgan fingerprint density at radius 2 is 0.936 bits per heavy atom. The summed E-state index contributed by atoms with van der Waals surface area (Å²) in [5.41, 5.74) is 15.3. The van der Waals surface area contributed by atoms with Crippen LogP contribution in [0.15, 0.2) is 73.3 Å². The molecule has 6 aromatic carbocycles. The molecule has 10 rings (SSSR count). The number of aromatic nitrogens is 4. The Balaban J connectivity index is 1.45. The molecule has 47 heavy (non-hydrogen) atoms. The first-order valence-electron chi connectivity index (χ1n) is 17.0. The maximum atomic E-state index is 5.12. The molecule has 0 atom stereocenters. The van der Waals surface area contributed by atoms with Crippen LogP contribution >= 0.6 is 0 Å². The number of nitrogens with zero attached hydrogens (tertiary/aromatic N) is 4. The summed E-state index contributed by atoms with van der Waals surface area (Å²) in [7, 11) is 0. The van der Waals surface area contributed by atoms with E-state index in [9.17, 15) is 0 Å². The molecule has 4 heterocycles. The van der Waals surface area contributed by atoms with Crippen LogP contribution < -0.4 is 16.4 Å². The van der Waals surface area contributed by atoms with Crippen LogP contribution in [0.1, 0.15) is 79.0 Å². The number of hydrogen-bond donors (Lipinski definition) is 0. The Bertz CT molecular complexity index is 2510. The van der Waals surface area contributed by atoms with Gasteiger partial charge in [0, 0.05) is 16.2 Å². The van der Waals surface area contributed by atoms with Crippen molar-refractivity contribution in [2.45, 2.75) is 78.6 Å². The molecule has 0 spiro atoms. The Kier molecular flexibility index (Phi) is 4.82. The Hall–Kier alpha value is -4.64. The van der Waals surface area contributed by atoms with Crippen molar-refractivity contribution < 1.29 is 0 Å². The van der Waals surface area contributed by atoms with Gasteiger partial charge in [0.25, 0.3) is 6.71 Å². The Labute approximate surface area is 275 Å². The molecule has 4 nitrogen and oxygen atoms in total. The van der Waals surface area contributed by atoms with Gasteiger partial charge in [0.05, 0.1) is 33.4 Å². The summed E-state index contributed by atoms with van der Waals surface area (Å²) in [4.78, 5) is 10.2. The normalized spacial score (nSPS) is 14.4. The van der Waals surface area contributed by atoms with Crippen molar-refractivity contribution in [3.63, 3.8) is 0 Å². The summed E-state index contributed by atoms with van der Waals surface area (Å²) in [6, 6.07) is 23.9. The van der Waals surface area contributed by atoms with Crippen LogP contribution in [0.5, 0.6) is 0 Å². The van der Waals surface area contributed by atoms with E-state index in [2.05, 4.69) is 145 Å². The van der Waals surface area contributed by atoms with Gasteiger partial charge in [0.2, 0.25) is 0 Å². The quantitative estimate of drug-likeness (QED) is 0.128. The summed E-state index contributed by atoms with van der Waals surface area (Å²) < 4.78 is 4.82. The summed E-state index contributed by atoms with van der Waals surface area (Å²) in [6.45, 7) is 20.8. The van der Waals surface area contributed by atoms with Gasteiger partial charge in [-0.05, 0) is 77.6 Å². The van der Waals surface area contributed by atoms with E-state index in [1.807, 2.05) is 0 Å². The van der Waals surface area contributed by atoms with Crippen molar-refractivity contribution in [2.24, 2.45) is 0 Å². The van der Waals surface area contributed by atoms with Crippen molar-refractivity contribution in [2.75, 3.05) is 0 Å². The monoisotopic (exact) mass is 610 g/mol. The molecule has 0 saturated carbocycles. The molecule has 230 valence electrons. The van der Waals surface area contributed by atoms with E-state index >= 15 is 0 Å². The fourth-order valence-electron chi connectivity index (χ4n) is 8.67. The highest BCUT2D eigenvalue weighted by Gasteiger charge is 2.43. The van der Waals surface area contributed by atoms with Gasteiger partial charge in [-0.15, -0.1) is 0 Å². The molecule has 2 aromatic heterocycles. The van der Waals surface area contributed by atoms with Crippen LogP contribution in [-0.4, -0.2) is 25.8 Å². The largest absolute Gasteiger partial charge is 0.299 e.